The second-order valence-corrected chi connectivity index (χ2v) is 8.05. The Morgan fingerprint density at radius 1 is 0.968 bits per heavy atom. The van der Waals surface area contributed by atoms with E-state index in [4.69, 9.17) is 14.2 Å². The average molecular weight is 428 g/mol. The maximum absolute atomic E-state index is 12.5. The third-order valence-electron chi connectivity index (χ3n) is 4.72. The van der Waals surface area contributed by atoms with Gasteiger partial charge in [-0.3, -0.25) is 4.79 Å². The summed E-state index contributed by atoms with van der Waals surface area (Å²) in [5.41, 5.74) is 1.52. The molecule has 1 amide bonds. The van der Waals surface area contributed by atoms with Gasteiger partial charge in [0.15, 0.2) is 17.6 Å². The quantitative estimate of drug-likeness (QED) is 0.538. The van der Waals surface area contributed by atoms with Crippen molar-refractivity contribution in [1.82, 2.24) is 5.32 Å². The highest BCUT2D eigenvalue weighted by molar-refractivity contribution is 5.92. The van der Waals surface area contributed by atoms with Gasteiger partial charge in [0.1, 0.15) is 0 Å². The van der Waals surface area contributed by atoms with Gasteiger partial charge in [-0.05, 0) is 56.4 Å². The van der Waals surface area contributed by atoms with Crippen molar-refractivity contribution in [2.75, 3.05) is 13.7 Å². The minimum absolute atomic E-state index is 0.0358. The molecule has 0 saturated carbocycles. The molecule has 31 heavy (non-hydrogen) atoms. The molecule has 1 N–H and O–H groups in total. The lowest BCUT2D eigenvalue weighted by molar-refractivity contribution is -0.129. The van der Waals surface area contributed by atoms with Crippen LogP contribution in [0.1, 0.15) is 50.0 Å². The van der Waals surface area contributed by atoms with Crippen molar-refractivity contribution < 1.29 is 23.8 Å². The number of hydrogen-bond acceptors (Lipinski definition) is 5. The van der Waals surface area contributed by atoms with Crippen LogP contribution in [0.3, 0.4) is 0 Å². The van der Waals surface area contributed by atoms with E-state index in [-0.39, 0.29) is 11.9 Å². The van der Waals surface area contributed by atoms with Crippen molar-refractivity contribution >= 4 is 11.9 Å². The van der Waals surface area contributed by atoms with Crippen LogP contribution in [0.25, 0.3) is 0 Å². The molecule has 0 heterocycles. The third kappa shape index (κ3) is 7.96. The van der Waals surface area contributed by atoms with Crippen LogP contribution in [-0.4, -0.2) is 37.7 Å². The lowest BCUT2D eigenvalue weighted by atomic mass is 10.1. The first-order valence-corrected chi connectivity index (χ1v) is 10.7. The van der Waals surface area contributed by atoms with Crippen LogP contribution in [0.2, 0.25) is 0 Å². The Kier molecular flexibility index (Phi) is 9.38. The molecule has 0 unspecified atom stereocenters. The fraction of sp³-hybridized carbons (Fsp3) is 0.440. The summed E-state index contributed by atoms with van der Waals surface area (Å²) in [6.45, 7) is 8.14. The summed E-state index contributed by atoms with van der Waals surface area (Å²) in [6, 6.07) is 14.9. The molecule has 0 fully saturated rings. The topological polar surface area (TPSA) is 73.9 Å². The van der Waals surface area contributed by atoms with E-state index in [2.05, 4.69) is 17.4 Å². The van der Waals surface area contributed by atoms with Crippen molar-refractivity contribution in [3.05, 3.63) is 59.7 Å². The van der Waals surface area contributed by atoms with E-state index in [1.54, 1.807) is 25.1 Å². The van der Waals surface area contributed by atoms with Gasteiger partial charge in [-0.2, -0.15) is 0 Å². The molecule has 168 valence electrons. The monoisotopic (exact) mass is 427 g/mol. The van der Waals surface area contributed by atoms with E-state index in [0.29, 0.717) is 29.6 Å². The highest BCUT2D eigenvalue weighted by Gasteiger charge is 2.21. The van der Waals surface area contributed by atoms with E-state index in [1.807, 2.05) is 39.0 Å². The minimum Gasteiger partial charge on any atom is -0.493 e. The van der Waals surface area contributed by atoms with Gasteiger partial charge in [0.05, 0.1) is 19.3 Å². The summed E-state index contributed by atoms with van der Waals surface area (Å²) < 4.78 is 16.4. The molecule has 0 aliphatic carbocycles. The summed E-state index contributed by atoms with van der Waals surface area (Å²) in [5.74, 6) is 0.461. The Balaban J connectivity index is 1.88. The fourth-order valence-electron chi connectivity index (χ4n) is 2.91. The number of carbonyl (C=O) groups excluding carboxylic acids is 2. The van der Waals surface area contributed by atoms with Crippen LogP contribution < -0.4 is 14.8 Å². The van der Waals surface area contributed by atoms with E-state index in [9.17, 15) is 9.59 Å². The SMILES string of the molecule is COc1cc(C(=O)O[C@@H](C)C(=O)N[C@H](C)CCc2ccccc2)ccc1OCC(C)C. The van der Waals surface area contributed by atoms with Crippen LogP contribution in [-0.2, 0) is 16.0 Å². The number of esters is 1. The van der Waals surface area contributed by atoms with Crippen molar-refractivity contribution in [2.24, 2.45) is 5.92 Å². The first-order chi connectivity index (χ1) is 14.8. The number of ether oxygens (including phenoxy) is 3. The summed E-state index contributed by atoms with van der Waals surface area (Å²) in [6.07, 6.45) is 0.752. The van der Waals surface area contributed by atoms with Gasteiger partial charge >= 0.3 is 5.97 Å². The summed E-state index contributed by atoms with van der Waals surface area (Å²) >= 11 is 0. The van der Waals surface area contributed by atoms with Crippen LogP contribution >= 0.6 is 0 Å². The first-order valence-electron chi connectivity index (χ1n) is 10.7. The smallest absolute Gasteiger partial charge is 0.339 e. The number of nitrogens with one attached hydrogen (secondary N) is 1. The van der Waals surface area contributed by atoms with Gasteiger partial charge < -0.3 is 19.5 Å². The first kappa shape index (κ1) is 24.3. The fourth-order valence-corrected chi connectivity index (χ4v) is 2.91. The van der Waals surface area contributed by atoms with Gasteiger partial charge in [0, 0.05) is 6.04 Å². The molecule has 2 aromatic carbocycles. The zero-order valence-electron chi connectivity index (χ0n) is 19.0. The maximum Gasteiger partial charge on any atom is 0.339 e. The predicted octanol–water partition coefficient (Wildman–Crippen LogP) is 4.41. The number of amides is 1. The standard InChI is InChI=1S/C25H33NO5/c1-17(2)16-30-22-14-13-21(15-23(22)29-5)25(28)31-19(4)24(27)26-18(3)11-12-20-9-7-6-8-10-20/h6-10,13-15,17-19H,11-12,16H2,1-5H3,(H,26,27)/t18-,19+/m1/s1. The highest BCUT2D eigenvalue weighted by atomic mass is 16.5. The molecule has 2 rings (SSSR count). The van der Waals surface area contributed by atoms with Crippen LogP contribution in [0.15, 0.2) is 48.5 Å². The Hall–Kier alpha value is -3.02. The molecule has 0 saturated heterocycles. The number of methoxy groups -OCH3 is 1. The van der Waals surface area contributed by atoms with Crippen LogP contribution in [0.5, 0.6) is 11.5 Å². The Morgan fingerprint density at radius 2 is 1.68 bits per heavy atom. The molecule has 2 aromatic rings. The van der Waals surface area contributed by atoms with Crippen molar-refractivity contribution in [1.29, 1.82) is 0 Å². The van der Waals surface area contributed by atoms with Gasteiger partial charge in [0.25, 0.3) is 5.91 Å². The number of hydrogen-bond donors (Lipinski definition) is 1. The van der Waals surface area contributed by atoms with E-state index < -0.39 is 12.1 Å². The van der Waals surface area contributed by atoms with Gasteiger partial charge in [0.2, 0.25) is 0 Å². The van der Waals surface area contributed by atoms with Gasteiger partial charge in [-0.1, -0.05) is 44.2 Å². The predicted molar refractivity (Wildman–Crippen MR) is 121 cm³/mol. The van der Waals surface area contributed by atoms with Crippen molar-refractivity contribution in [2.45, 2.75) is 52.7 Å². The lowest BCUT2D eigenvalue weighted by Crippen LogP contribution is -2.41. The second kappa shape index (κ2) is 12.0. The molecule has 0 aromatic heterocycles. The average Bonchev–Trinajstić information content (AvgIpc) is 2.76. The third-order valence-corrected chi connectivity index (χ3v) is 4.72. The zero-order chi connectivity index (χ0) is 22.8. The summed E-state index contributed by atoms with van der Waals surface area (Å²) in [5, 5.41) is 2.90. The largest absolute Gasteiger partial charge is 0.493 e. The van der Waals surface area contributed by atoms with E-state index in [1.165, 1.54) is 12.7 Å². The van der Waals surface area contributed by atoms with Crippen LogP contribution in [0, 0.1) is 5.92 Å². The molecule has 0 bridgehead atoms. The second-order valence-electron chi connectivity index (χ2n) is 8.05. The van der Waals surface area contributed by atoms with Crippen molar-refractivity contribution in [3.8, 4) is 11.5 Å². The minimum atomic E-state index is -0.908. The number of aryl methyl sites for hydroxylation is 1. The molecular weight excluding hydrogens is 394 g/mol. The van der Waals surface area contributed by atoms with Crippen molar-refractivity contribution in [3.63, 3.8) is 0 Å². The Labute approximate surface area is 184 Å². The van der Waals surface area contributed by atoms with Gasteiger partial charge in [-0.25, -0.2) is 4.79 Å². The lowest BCUT2D eigenvalue weighted by Gasteiger charge is -2.18. The zero-order valence-corrected chi connectivity index (χ0v) is 19.0. The van der Waals surface area contributed by atoms with E-state index in [0.717, 1.165) is 12.8 Å². The number of rotatable bonds is 11. The molecule has 2 atom stereocenters. The molecule has 6 heteroatoms. The Bertz CT molecular complexity index is 850. The summed E-state index contributed by atoms with van der Waals surface area (Å²) in [7, 11) is 1.51. The number of carbonyl (C=O) groups is 2. The molecule has 6 nitrogen and oxygen atoms in total. The highest BCUT2D eigenvalue weighted by Crippen LogP contribution is 2.29. The molecule has 0 aliphatic rings. The molecule has 0 spiro atoms. The Morgan fingerprint density at radius 3 is 2.32 bits per heavy atom. The molecule has 0 radical (unpaired) electrons. The maximum atomic E-state index is 12.5. The van der Waals surface area contributed by atoms with Gasteiger partial charge in [-0.15, -0.1) is 0 Å². The van der Waals surface area contributed by atoms with Crippen LogP contribution in [0.4, 0.5) is 0 Å². The molecule has 0 aliphatic heterocycles. The summed E-state index contributed by atoms with van der Waals surface area (Å²) in [4.78, 5) is 24.9. The number of benzene rings is 2. The molecular formula is C25H33NO5. The normalized spacial score (nSPS) is 12.7. The van der Waals surface area contributed by atoms with E-state index >= 15 is 0 Å².